The van der Waals surface area contributed by atoms with Crippen LogP contribution in [0.4, 0.5) is 0 Å². The molecule has 1 heteroatoms. The fourth-order valence-corrected chi connectivity index (χ4v) is 0.923. The molecule has 0 amide bonds. The second-order valence-electron chi connectivity index (χ2n) is 2.56. The predicted octanol–water partition coefficient (Wildman–Crippen LogP) is 2.49. The van der Waals surface area contributed by atoms with Gasteiger partial charge in [-0.1, -0.05) is 29.8 Å². The van der Waals surface area contributed by atoms with Gasteiger partial charge in [-0.25, -0.2) is 5.11 Å². The Morgan fingerprint density at radius 1 is 1.40 bits per heavy atom. The molecule has 0 bridgehead atoms. The molecule has 1 aromatic rings. The van der Waals surface area contributed by atoms with Crippen LogP contribution in [-0.4, -0.2) is 0 Å². The first-order valence-electron chi connectivity index (χ1n) is 3.42. The van der Waals surface area contributed by atoms with Crippen molar-refractivity contribution in [1.82, 2.24) is 0 Å². The lowest BCUT2D eigenvalue weighted by Gasteiger charge is -2.01. The van der Waals surface area contributed by atoms with Gasteiger partial charge in [-0.15, -0.1) is 0 Å². The lowest BCUT2D eigenvalue weighted by Crippen LogP contribution is -1.88. The molecule has 10 heavy (non-hydrogen) atoms. The van der Waals surface area contributed by atoms with E-state index in [0.29, 0.717) is 0 Å². The fraction of sp³-hybridized carbons (Fsp3) is 0.333. The van der Waals surface area contributed by atoms with Gasteiger partial charge < -0.3 is 0 Å². The molecule has 1 rings (SSSR count). The zero-order valence-electron chi connectivity index (χ0n) is 6.29. The molecule has 0 aromatic heterocycles. The lowest BCUT2D eigenvalue weighted by atomic mass is 10.1. The summed E-state index contributed by atoms with van der Waals surface area (Å²) in [6.07, 6.45) is -0.597. The molecule has 0 saturated heterocycles. The van der Waals surface area contributed by atoms with Gasteiger partial charge in [0.15, 0.2) is 0 Å². The zero-order valence-corrected chi connectivity index (χ0v) is 6.29. The van der Waals surface area contributed by atoms with Crippen molar-refractivity contribution < 1.29 is 5.11 Å². The maximum Gasteiger partial charge on any atom is 0.115 e. The van der Waals surface area contributed by atoms with E-state index in [1.807, 2.05) is 31.2 Å². The number of hydrogen-bond donors (Lipinski definition) is 0. The van der Waals surface area contributed by atoms with Gasteiger partial charge in [0.1, 0.15) is 6.10 Å². The van der Waals surface area contributed by atoms with E-state index in [1.54, 1.807) is 6.92 Å². The fourth-order valence-electron chi connectivity index (χ4n) is 0.923. The Balaban J connectivity index is 2.96. The summed E-state index contributed by atoms with van der Waals surface area (Å²) in [5.74, 6) is 0. The molecule has 1 unspecified atom stereocenters. The van der Waals surface area contributed by atoms with Gasteiger partial charge in [-0.05, 0) is 19.4 Å². The Bertz CT molecular complexity index is 216. The summed E-state index contributed by atoms with van der Waals surface area (Å²) in [6, 6.07) is 7.70. The molecule has 0 fully saturated rings. The van der Waals surface area contributed by atoms with E-state index in [0.717, 1.165) is 11.1 Å². The summed E-state index contributed by atoms with van der Waals surface area (Å²) in [5.41, 5.74) is 2.03. The molecule has 0 aliphatic rings. The first-order chi connectivity index (χ1) is 4.70. The van der Waals surface area contributed by atoms with Crippen molar-refractivity contribution in [1.29, 1.82) is 0 Å². The lowest BCUT2D eigenvalue weighted by molar-refractivity contribution is 0.106. The minimum absolute atomic E-state index is 0.597. The maximum atomic E-state index is 10.9. The van der Waals surface area contributed by atoms with Crippen molar-refractivity contribution >= 4 is 0 Å². The van der Waals surface area contributed by atoms with E-state index in [9.17, 15) is 5.11 Å². The summed E-state index contributed by atoms with van der Waals surface area (Å²) < 4.78 is 0. The van der Waals surface area contributed by atoms with Crippen LogP contribution in [0, 0.1) is 6.92 Å². The van der Waals surface area contributed by atoms with E-state index in [2.05, 4.69) is 0 Å². The van der Waals surface area contributed by atoms with Crippen LogP contribution in [0.2, 0.25) is 0 Å². The van der Waals surface area contributed by atoms with Crippen LogP contribution < -0.4 is 0 Å². The van der Waals surface area contributed by atoms with Gasteiger partial charge in [0.05, 0.1) is 0 Å². The smallest absolute Gasteiger partial charge is 0.115 e. The third-order valence-electron chi connectivity index (χ3n) is 1.51. The SMILES string of the molecule is Cc1cccc(C(C)[O])c1. The monoisotopic (exact) mass is 135 g/mol. The molecular weight excluding hydrogens is 124 g/mol. The van der Waals surface area contributed by atoms with Crippen LogP contribution in [0.1, 0.15) is 24.2 Å². The maximum absolute atomic E-state index is 10.9. The van der Waals surface area contributed by atoms with Crippen LogP contribution in [-0.2, 0) is 5.11 Å². The zero-order chi connectivity index (χ0) is 7.56. The third kappa shape index (κ3) is 1.58. The van der Waals surface area contributed by atoms with Crippen LogP contribution >= 0.6 is 0 Å². The van der Waals surface area contributed by atoms with Gasteiger partial charge >= 0.3 is 0 Å². The highest BCUT2D eigenvalue weighted by Crippen LogP contribution is 2.12. The van der Waals surface area contributed by atoms with Gasteiger partial charge in [0.25, 0.3) is 0 Å². The van der Waals surface area contributed by atoms with E-state index >= 15 is 0 Å². The van der Waals surface area contributed by atoms with E-state index in [4.69, 9.17) is 0 Å². The second kappa shape index (κ2) is 2.84. The molecule has 53 valence electrons. The largest absolute Gasteiger partial charge is 0.228 e. The van der Waals surface area contributed by atoms with Gasteiger partial charge in [-0.2, -0.15) is 0 Å². The number of aryl methyl sites for hydroxylation is 1. The average molecular weight is 135 g/mol. The number of rotatable bonds is 1. The highest BCUT2D eigenvalue weighted by atomic mass is 16.3. The van der Waals surface area contributed by atoms with E-state index in [-0.39, 0.29) is 0 Å². The van der Waals surface area contributed by atoms with Gasteiger partial charge in [0, 0.05) is 0 Å². The van der Waals surface area contributed by atoms with Crippen LogP contribution in [0.3, 0.4) is 0 Å². The summed E-state index contributed by atoms with van der Waals surface area (Å²) in [7, 11) is 0. The molecule has 0 saturated carbocycles. The standard InChI is InChI=1S/C9H11O/c1-7-4-3-5-9(6-7)8(2)10/h3-6,8H,1-2H3. The summed E-state index contributed by atoms with van der Waals surface area (Å²) in [4.78, 5) is 0. The van der Waals surface area contributed by atoms with Crippen molar-refractivity contribution in [2.45, 2.75) is 20.0 Å². The molecule has 1 aromatic carbocycles. The Kier molecular flexibility index (Phi) is 2.07. The number of benzene rings is 1. The minimum atomic E-state index is -0.597. The third-order valence-corrected chi connectivity index (χ3v) is 1.51. The molecule has 0 heterocycles. The normalized spacial score (nSPS) is 13.1. The van der Waals surface area contributed by atoms with Crippen LogP contribution in [0.25, 0.3) is 0 Å². The van der Waals surface area contributed by atoms with Crippen LogP contribution in [0.15, 0.2) is 24.3 Å². The second-order valence-corrected chi connectivity index (χ2v) is 2.56. The molecule has 0 N–H and O–H groups in total. The quantitative estimate of drug-likeness (QED) is 0.563. The highest BCUT2D eigenvalue weighted by Gasteiger charge is 1.99. The first-order valence-corrected chi connectivity index (χ1v) is 3.42. The Labute approximate surface area is 61.3 Å². The topological polar surface area (TPSA) is 19.9 Å². The summed E-state index contributed by atoms with van der Waals surface area (Å²) in [5, 5.41) is 10.9. The van der Waals surface area contributed by atoms with Crippen molar-refractivity contribution in [2.75, 3.05) is 0 Å². The summed E-state index contributed by atoms with van der Waals surface area (Å²) in [6.45, 7) is 3.65. The molecule has 1 nitrogen and oxygen atoms in total. The highest BCUT2D eigenvalue weighted by molar-refractivity contribution is 5.23. The molecule has 1 atom stereocenters. The molecule has 0 aliphatic carbocycles. The van der Waals surface area contributed by atoms with Crippen molar-refractivity contribution in [3.05, 3.63) is 35.4 Å². The van der Waals surface area contributed by atoms with E-state index < -0.39 is 6.10 Å². The van der Waals surface area contributed by atoms with Crippen molar-refractivity contribution in [3.63, 3.8) is 0 Å². The Morgan fingerprint density at radius 2 is 2.10 bits per heavy atom. The molecular formula is C9H11O. The summed E-state index contributed by atoms with van der Waals surface area (Å²) >= 11 is 0. The molecule has 1 radical (unpaired) electrons. The molecule has 0 aliphatic heterocycles. The Hall–Kier alpha value is -0.820. The van der Waals surface area contributed by atoms with E-state index in [1.165, 1.54) is 0 Å². The first kappa shape index (κ1) is 7.29. The minimum Gasteiger partial charge on any atom is -0.228 e. The molecule has 0 spiro atoms. The van der Waals surface area contributed by atoms with Crippen molar-refractivity contribution in [3.8, 4) is 0 Å². The van der Waals surface area contributed by atoms with Crippen LogP contribution in [0.5, 0.6) is 0 Å². The van der Waals surface area contributed by atoms with Gasteiger partial charge in [0.2, 0.25) is 0 Å². The van der Waals surface area contributed by atoms with Crippen molar-refractivity contribution in [2.24, 2.45) is 0 Å². The Morgan fingerprint density at radius 3 is 2.50 bits per heavy atom. The predicted molar refractivity (Wildman–Crippen MR) is 40.3 cm³/mol. The number of hydrogen-bond acceptors (Lipinski definition) is 0. The van der Waals surface area contributed by atoms with Gasteiger partial charge in [-0.3, -0.25) is 0 Å². The average Bonchev–Trinajstić information content (AvgIpc) is 1.88.